The molecular formula is C17H18N2OS. The van der Waals surface area contributed by atoms with Crippen LogP contribution in [0, 0.1) is 11.8 Å². The minimum atomic E-state index is -0.0669. The van der Waals surface area contributed by atoms with Gasteiger partial charge in [0.15, 0.2) is 0 Å². The fraction of sp³-hybridized carbons (Fsp3) is 0.235. The van der Waals surface area contributed by atoms with Gasteiger partial charge in [0, 0.05) is 5.38 Å². The summed E-state index contributed by atoms with van der Waals surface area (Å²) in [6, 6.07) is 11.8. The first kappa shape index (κ1) is 15.3. The van der Waals surface area contributed by atoms with Crippen LogP contribution in [0.25, 0.3) is 0 Å². The summed E-state index contributed by atoms with van der Waals surface area (Å²) in [4.78, 5) is 13.2. The van der Waals surface area contributed by atoms with E-state index in [9.17, 15) is 4.79 Å². The lowest BCUT2D eigenvalue weighted by Gasteiger charge is -2.16. The molecule has 108 valence electrons. The van der Waals surface area contributed by atoms with Crippen molar-refractivity contribution in [2.24, 2.45) is 5.73 Å². The Balaban J connectivity index is 2.08. The quantitative estimate of drug-likeness (QED) is 0.853. The molecule has 0 fully saturated rings. The third-order valence-corrected chi connectivity index (χ3v) is 3.94. The molecule has 2 aromatic rings. The van der Waals surface area contributed by atoms with Gasteiger partial charge >= 0.3 is 0 Å². The fourth-order valence-corrected chi connectivity index (χ4v) is 2.76. The fourth-order valence-electron chi connectivity index (χ4n) is 2.01. The summed E-state index contributed by atoms with van der Waals surface area (Å²) in [6.45, 7) is 2.38. The first-order valence-electron chi connectivity index (χ1n) is 6.88. The summed E-state index contributed by atoms with van der Waals surface area (Å²) in [5, 5.41) is 4.89. The van der Waals surface area contributed by atoms with Crippen molar-refractivity contribution in [1.29, 1.82) is 0 Å². The average molecular weight is 298 g/mol. The Bertz CT molecular complexity index is 652. The van der Waals surface area contributed by atoms with E-state index in [1.54, 1.807) is 6.07 Å². The van der Waals surface area contributed by atoms with Crippen LogP contribution in [0.4, 0.5) is 0 Å². The van der Waals surface area contributed by atoms with Gasteiger partial charge in [-0.1, -0.05) is 49.1 Å². The summed E-state index contributed by atoms with van der Waals surface area (Å²) in [7, 11) is 0. The Morgan fingerprint density at radius 3 is 2.81 bits per heavy atom. The van der Waals surface area contributed by atoms with E-state index >= 15 is 0 Å². The molecule has 1 heterocycles. The molecule has 4 heteroatoms. The maximum Gasteiger partial charge on any atom is 0.252 e. The Kier molecular flexibility index (Phi) is 5.56. The molecule has 0 spiro atoms. The number of thiophene rings is 1. The highest BCUT2D eigenvalue weighted by Crippen LogP contribution is 2.18. The molecule has 1 unspecified atom stereocenters. The van der Waals surface area contributed by atoms with Gasteiger partial charge in [0.2, 0.25) is 0 Å². The zero-order valence-corrected chi connectivity index (χ0v) is 12.7. The summed E-state index contributed by atoms with van der Waals surface area (Å²) in [5.41, 5.74) is 7.11. The molecule has 0 saturated carbocycles. The van der Waals surface area contributed by atoms with Crippen molar-refractivity contribution in [1.82, 2.24) is 5.32 Å². The normalized spacial score (nSPS) is 11.3. The van der Waals surface area contributed by atoms with Gasteiger partial charge in [-0.05, 0) is 18.1 Å². The monoisotopic (exact) mass is 298 g/mol. The van der Waals surface area contributed by atoms with Gasteiger partial charge < -0.3 is 11.1 Å². The molecule has 3 nitrogen and oxygen atoms in total. The zero-order chi connectivity index (χ0) is 15.1. The summed E-state index contributed by atoms with van der Waals surface area (Å²) >= 11 is 1.46. The van der Waals surface area contributed by atoms with Gasteiger partial charge in [-0.2, -0.15) is 0 Å². The van der Waals surface area contributed by atoms with Crippen molar-refractivity contribution >= 4 is 17.2 Å². The van der Waals surface area contributed by atoms with E-state index in [1.165, 1.54) is 11.3 Å². The SMILES string of the molecule is CCC(NC(=O)c1csc(C#CCN)c1)c1ccccc1. The van der Waals surface area contributed by atoms with E-state index < -0.39 is 0 Å². The number of hydrogen-bond donors (Lipinski definition) is 2. The summed E-state index contributed by atoms with van der Waals surface area (Å²) < 4.78 is 0. The van der Waals surface area contributed by atoms with Crippen LogP contribution >= 0.6 is 11.3 Å². The minimum Gasteiger partial charge on any atom is -0.345 e. The maximum absolute atomic E-state index is 12.3. The van der Waals surface area contributed by atoms with Crippen molar-refractivity contribution in [2.75, 3.05) is 6.54 Å². The van der Waals surface area contributed by atoms with E-state index in [0.29, 0.717) is 12.1 Å². The largest absolute Gasteiger partial charge is 0.345 e. The van der Waals surface area contributed by atoms with E-state index in [1.807, 2.05) is 35.7 Å². The van der Waals surface area contributed by atoms with Crippen LogP contribution in [0.1, 0.15) is 40.2 Å². The first-order chi connectivity index (χ1) is 10.2. The van der Waals surface area contributed by atoms with E-state index in [0.717, 1.165) is 16.9 Å². The van der Waals surface area contributed by atoms with Crippen molar-refractivity contribution in [2.45, 2.75) is 19.4 Å². The van der Waals surface area contributed by atoms with Gasteiger partial charge in [-0.15, -0.1) is 11.3 Å². The Morgan fingerprint density at radius 2 is 2.14 bits per heavy atom. The molecule has 0 aliphatic rings. The minimum absolute atomic E-state index is 0.0252. The third-order valence-electron chi connectivity index (χ3n) is 3.09. The lowest BCUT2D eigenvalue weighted by atomic mass is 10.0. The van der Waals surface area contributed by atoms with Gasteiger partial charge in [-0.3, -0.25) is 4.79 Å². The van der Waals surface area contributed by atoms with Gasteiger partial charge in [-0.25, -0.2) is 0 Å². The van der Waals surface area contributed by atoms with Crippen LogP contribution in [0.15, 0.2) is 41.8 Å². The lowest BCUT2D eigenvalue weighted by Crippen LogP contribution is -2.27. The molecule has 0 radical (unpaired) electrons. The van der Waals surface area contributed by atoms with E-state index in [2.05, 4.69) is 24.1 Å². The molecule has 3 N–H and O–H groups in total. The number of carbonyl (C=O) groups is 1. The number of nitrogens with two attached hydrogens (primary N) is 1. The highest BCUT2D eigenvalue weighted by molar-refractivity contribution is 7.10. The third kappa shape index (κ3) is 4.19. The Labute approximate surface area is 129 Å². The van der Waals surface area contributed by atoms with Gasteiger partial charge in [0.05, 0.1) is 23.0 Å². The van der Waals surface area contributed by atoms with Crippen LogP contribution in [0.5, 0.6) is 0 Å². The van der Waals surface area contributed by atoms with Crippen LogP contribution in [0.3, 0.4) is 0 Å². The van der Waals surface area contributed by atoms with Crippen LogP contribution in [-0.4, -0.2) is 12.5 Å². The van der Waals surface area contributed by atoms with E-state index in [4.69, 9.17) is 5.73 Å². The Morgan fingerprint density at radius 1 is 1.38 bits per heavy atom. The number of amides is 1. The van der Waals surface area contributed by atoms with Crippen molar-refractivity contribution < 1.29 is 4.79 Å². The second-order valence-corrected chi connectivity index (χ2v) is 5.46. The topological polar surface area (TPSA) is 55.1 Å². The molecular weight excluding hydrogens is 280 g/mol. The molecule has 1 aromatic heterocycles. The van der Waals surface area contributed by atoms with Crippen molar-refractivity contribution in [3.8, 4) is 11.8 Å². The summed E-state index contributed by atoms with van der Waals surface area (Å²) in [5.74, 6) is 5.67. The van der Waals surface area contributed by atoms with Gasteiger partial charge in [0.25, 0.3) is 5.91 Å². The smallest absolute Gasteiger partial charge is 0.252 e. The van der Waals surface area contributed by atoms with Gasteiger partial charge in [0.1, 0.15) is 0 Å². The molecule has 21 heavy (non-hydrogen) atoms. The number of rotatable bonds is 4. The number of carbonyl (C=O) groups excluding carboxylic acids is 1. The van der Waals surface area contributed by atoms with Crippen LogP contribution in [-0.2, 0) is 0 Å². The molecule has 1 amide bonds. The predicted molar refractivity (Wildman–Crippen MR) is 87.2 cm³/mol. The average Bonchev–Trinajstić information content (AvgIpc) is 3.00. The molecule has 0 aliphatic heterocycles. The predicted octanol–water partition coefficient (Wildman–Crippen LogP) is 2.94. The first-order valence-corrected chi connectivity index (χ1v) is 7.75. The van der Waals surface area contributed by atoms with Crippen molar-refractivity contribution in [3.63, 3.8) is 0 Å². The second kappa shape index (κ2) is 7.63. The Hall–Kier alpha value is -2.09. The lowest BCUT2D eigenvalue weighted by molar-refractivity contribution is 0.0936. The molecule has 0 bridgehead atoms. The van der Waals surface area contributed by atoms with Crippen LogP contribution < -0.4 is 11.1 Å². The molecule has 1 atom stereocenters. The zero-order valence-electron chi connectivity index (χ0n) is 11.9. The van der Waals surface area contributed by atoms with Crippen LogP contribution in [0.2, 0.25) is 0 Å². The summed E-state index contributed by atoms with van der Waals surface area (Å²) in [6.07, 6.45) is 0.847. The highest BCUT2D eigenvalue weighted by Gasteiger charge is 2.14. The molecule has 0 saturated heterocycles. The highest BCUT2D eigenvalue weighted by atomic mass is 32.1. The standard InChI is InChI=1S/C17H18N2OS/c1-2-16(13-7-4-3-5-8-13)19-17(20)14-11-15(21-12-14)9-6-10-18/h3-5,7-8,11-12,16H,2,10,18H2,1H3,(H,19,20). The molecule has 0 aliphatic carbocycles. The second-order valence-electron chi connectivity index (χ2n) is 4.55. The maximum atomic E-state index is 12.3. The van der Waals surface area contributed by atoms with E-state index in [-0.39, 0.29) is 11.9 Å². The number of hydrogen-bond acceptors (Lipinski definition) is 3. The molecule has 1 aromatic carbocycles. The number of nitrogens with one attached hydrogen (secondary N) is 1. The number of benzene rings is 1. The molecule has 2 rings (SSSR count). The van der Waals surface area contributed by atoms with Crippen molar-refractivity contribution in [3.05, 3.63) is 57.8 Å².